The standard InChI is InChI=1S/C53H67N7O12.C52H65N7O12/c1-8-18-39(53(69)70)55-44(61)32-59(6)51(67)40(30-36-21-14-11-15-22-36)57-50(66)45(33(3)4)58-47(63)34(5)54-48(64)38(26-24-35-19-12-10-13-20-35)56-49(65)41-23-16-17-28-60(41)52(68)46(62)37-25-27-42(71-7)43(31-37)72-29-9-2;1-32(2)44-49(65)56-39(29-35-19-11-7-12-20-35)50(66)58(4)31-43(60)54-38(52(68)69)21-13-8-16-28-71-42-30-36(24-26-41(42)70-5)45(61)51(67)59-27-15-14-22-40(59)48(64)55-37(25-23-34-17-9-6-10-18-34)47(63)53-33(3)46(62)57-44/h8-15,19-22,25,27,31,33-34,38-41,45H,1-2,16-18,23-24,26,28-30,32H2,3-7H3,(H,54,64)(H,55,61)(H,56,65)(H,57,66)(H,58,63)(H,69,70);6-12,16-20,24,26,30,32-33,37-40,44H,13-15,21-23,25,27-29,31H2,1-5H3,(H,53,63)(H,54,60)(H,55,64)(H,56,65)(H,57,62)(H,68,69)/t34?,38-,39?,40?,41+,45?;33?,37-,38?,39?,40+,44?/m11/s1. The van der Waals surface area contributed by atoms with Gasteiger partial charge in [-0.05, 0) is 168 Å². The van der Waals surface area contributed by atoms with Crippen LogP contribution in [0.1, 0.15) is 155 Å². The van der Waals surface area contributed by atoms with E-state index in [1.165, 1.54) is 101 Å². The van der Waals surface area contributed by atoms with Crippen molar-refractivity contribution in [2.24, 2.45) is 11.8 Å². The van der Waals surface area contributed by atoms with E-state index in [9.17, 15) is 96.5 Å². The fourth-order valence-electron chi connectivity index (χ4n) is 16.2. The Morgan fingerprint density at radius 2 is 1.20 bits per heavy atom. The number of aryl methyl sites for hydroxylation is 2. The monoisotopic (exact) mass is 1970 g/mol. The Bertz CT molecular complexity index is 5490. The van der Waals surface area contributed by atoms with Gasteiger partial charge in [-0.1, -0.05) is 180 Å². The van der Waals surface area contributed by atoms with Crippen LogP contribution in [0.3, 0.4) is 0 Å². The number of carboxylic acid groups (broad SMARTS) is 2. The highest BCUT2D eigenvalue weighted by Gasteiger charge is 2.42. The summed E-state index contributed by atoms with van der Waals surface area (Å²) in [6.07, 6.45) is 9.76. The van der Waals surface area contributed by atoms with E-state index in [1.807, 2.05) is 60.7 Å². The van der Waals surface area contributed by atoms with E-state index < -0.39 is 204 Å². The smallest absolute Gasteiger partial charge is 0.326 e. The number of carbonyl (C=O) groups excluding carboxylic acids is 16. The van der Waals surface area contributed by atoms with Crippen LogP contribution in [-0.2, 0) is 102 Å². The summed E-state index contributed by atoms with van der Waals surface area (Å²) in [7, 11) is 5.52. The van der Waals surface area contributed by atoms with Gasteiger partial charge in [-0.25, -0.2) is 9.59 Å². The number of piperidine rings is 2. The number of carbonyl (C=O) groups is 18. The molecule has 8 unspecified atom stereocenters. The lowest BCUT2D eigenvalue weighted by Gasteiger charge is -2.35. The van der Waals surface area contributed by atoms with E-state index >= 15 is 0 Å². The summed E-state index contributed by atoms with van der Waals surface area (Å²) in [5.74, 6) is -14.8. The van der Waals surface area contributed by atoms with Gasteiger partial charge in [0.2, 0.25) is 70.9 Å². The summed E-state index contributed by atoms with van der Waals surface area (Å²) in [5.41, 5.74) is 3.09. The second-order valence-electron chi connectivity index (χ2n) is 35.8. The number of nitrogens with one attached hydrogen (secondary N) is 10. The molecule has 6 aromatic rings. The van der Waals surface area contributed by atoms with Gasteiger partial charge in [0.15, 0.2) is 23.0 Å². The third-order valence-electron chi connectivity index (χ3n) is 24.2. The number of likely N-dealkylation sites (tertiary alicyclic amines) is 1. The minimum absolute atomic E-state index is 0.00530. The van der Waals surface area contributed by atoms with Crippen LogP contribution < -0.4 is 72.1 Å². The molecule has 9 rings (SSSR count). The third kappa shape index (κ3) is 34.5. The van der Waals surface area contributed by atoms with Crippen molar-refractivity contribution in [1.29, 1.82) is 0 Å². The summed E-state index contributed by atoms with van der Waals surface area (Å²) in [4.78, 5) is 250. The Balaban J connectivity index is 0.000000350. The van der Waals surface area contributed by atoms with Gasteiger partial charge < -0.3 is 102 Å². The zero-order valence-corrected chi connectivity index (χ0v) is 82.3. The lowest BCUT2D eigenvalue weighted by Crippen LogP contribution is -2.60. The predicted octanol–water partition coefficient (Wildman–Crippen LogP) is 5.42. The van der Waals surface area contributed by atoms with E-state index in [4.69, 9.17) is 18.9 Å². The van der Waals surface area contributed by atoms with E-state index in [1.54, 1.807) is 101 Å². The number of aliphatic carboxylic acids is 2. The summed E-state index contributed by atoms with van der Waals surface area (Å²) in [5, 5.41) is 46.0. The molecule has 38 heteroatoms. The highest BCUT2D eigenvalue weighted by Crippen LogP contribution is 2.32. The largest absolute Gasteiger partial charge is 0.493 e. The number of fused-ring (bicyclic) bond motifs is 3. The molecule has 38 nitrogen and oxygen atoms in total. The molecule has 766 valence electrons. The van der Waals surface area contributed by atoms with Crippen LogP contribution in [0.2, 0.25) is 0 Å². The molecule has 0 saturated carbocycles. The molecule has 0 aromatic heterocycles. The predicted molar refractivity (Wildman–Crippen MR) is 528 cm³/mol. The second-order valence-corrected chi connectivity index (χ2v) is 35.8. The molecule has 0 radical (unpaired) electrons. The van der Waals surface area contributed by atoms with Crippen LogP contribution >= 0.6 is 0 Å². The van der Waals surface area contributed by atoms with Gasteiger partial charge in [-0.3, -0.25) is 76.7 Å². The minimum Gasteiger partial charge on any atom is -0.493 e. The van der Waals surface area contributed by atoms with E-state index in [-0.39, 0.29) is 112 Å². The Labute approximate surface area is 831 Å². The molecule has 3 heterocycles. The van der Waals surface area contributed by atoms with Crippen LogP contribution in [0.5, 0.6) is 23.0 Å². The zero-order chi connectivity index (χ0) is 105. The van der Waals surface area contributed by atoms with Crippen molar-refractivity contribution in [3.05, 3.63) is 229 Å². The second kappa shape index (κ2) is 56.7. The average Bonchev–Trinajstić information content (AvgIpc) is 0.798. The number of carboxylic acids is 2. The van der Waals surface area contributed by atoms with Crippen molar-refractivity contribution in [1.82, 2.24) is 72.8 Å². The Kier molecular flexibility index (Phi) is 44.8. The number of likely N-dealkylation sites (N-methyl/N-ethyl adjacent to an activating group) is 2. The van der Waals surface area contributed by atoms with Gasteiger partial charge in [0, 0.05) is 51.2 Å². The van der Waals surface area contributed by atoms with Crippen LogP contribution in [0.4, 0.5) is 0 Å². The number of rotatable bonds is 35. The van der Waals surface area contributed by atoms with Crippen LogP contribution in [0, 0.1) is 11.8 Å². The van der Waals surface area contributed by atoms with Gasteiger partial charge in [-0.2, -0.15) is 0 Å². The Morgan fingerprint density at radius 1 is 0.587 bits per heavy atom. The fourth-order valence-corrected chi connectivity index (χ4v) is 16.2. The van der Waals surface area contributed by atoms with Crippen molar-refractivity contribution in [2.45, 2.75) is 210 Å². The molecule has 0 spiro atoms. The van der Waals surface area contributed by atoms with Crippen LogP contribution in [0.25, 0.3) is 0 Å². The molecule has 12 N–H and O–H groups in total. The van der Waals surface area contributed by atoms with Crippen molar-refractivity contribution >= 4 is 106 Å². The maximum atomic E-state index is 14.2. The number of amides is 14. The van der Waals surface area contributed by atoms with Crippen LogP contribution in [-0.4, -0.2) is 276 Å². The summed E-state index contributed by atoms with van der Waals surface area (Å²) in [6.45, 7) is 15.9. The highest BCUT2D eigenvalue weighted by molar-refractivity contribution is 6.43. The van der Waals surface area contributed by atoms with Crippen molar-refractivity contribution in [2.75, 3.05) is 67.7 Å². The first-order valence-corrected chi connectivity index (χ1v) is 47.7. The van der Waals surface area contributed by atoms with Crippen molar-refractivity contribution in [3.63, 3.8) is 0 Å². The molecule has 3 aliphatic heterocycles. The Morgan fingerprint density at radius 3 is 1.82 bits per heavy atom. The number of Topliss-reactive ketones (excluding diaryl/α,β-unsaturated/α-hetero) is 2. The average molecular weight is 1970 g/mol. The minimum atomic E-state index is -1.32. The SMILES string of the molecule is C=CCOc1cc(C(=O)C(=O)N2CCCC[C@H]2C(=O)N[C@H](CCc2ccccc2)C(=O)NC(C)C(=O)NC(C(=O)NC(Cc2ccccc2)C(=O)N(C)CC(=O)NC(CC=C)C(=O)O)C(C)C)ccc1OC.COc1ccc2cc1OCC=CCCC(C(=O)O)NC(=O)CN(C)C(=O)C(Cc1ccccc1)NC(=O)C(C(C)C)NC(=O)C(C)NC(=O)[C@@H](CCc1ccccc1)NC(=O)[C@@H]1CCCCN1C(=O)C2=O. The number of allylic oxidation sites excluding steroid dienone is 1. The zero-order valence-electron chi connectivity index (χ0n) is 82.3. The molecular formula is C105H132N14O24. The van der Waals surface area contributed by atoms with Crippen LogP contribution in [0.15, 0.2) is 195 Å². The van der Waals surface area contributed by atoms with E-state index in [0.717, 1.165) is 20.9 Å². The van der Waals surface area contributed by atoms with Gasteiger partial charge >= 0.3 is 11.9 Å². The third-order valence-corrected chi connectivity index (χ3v) is 24.2. The topological polar surface area (TPSA) is 518 Å². The Hall–Kier alpha value is -15.4. The maximum absolute atomic E-state index is 14.2. The number of ether oxygens (including phenoxy) is 4. The number of benzene rings is 6. The molecule has 6 aromatic carbocycles. The first kappa shape index (κ1) is 113. The molecule has 12 atom stereocenters. The van der Waals surface area contributed by atoms with Crippen molar-refractivity contribution in [3.8, 4) is 23.0 Å². The molecule has 3 aliphatic rings. The van der Waals surface area contributed by atoms with Gasteiger partial charge in [0.05, 0.1) is 27.3 Å². The maximum Gasteiger partial charge on any atom is 0.326 e. The molecule has 2 fully saturated rings. The number of hydrogen-bond acceptors (Lipinski definition) is 22. The van der Waals surface area contributed by atoms with E-state index in [0.29, 0.717) is 55.4 Å². The molecule has 2 bridgehead atoms. The molecule has 143 heavy (non-hydrogen) atoms. The van der Waals surface area contributed by atoms with Gasteiger partial charge in [-0.15, -0.1) is 6.58 Å². The normalized spacial score (nSPS) is 19.2. The summed E-state index contributed by atoms with van der Waals surface area (Å²) in [6, 6.07) is 30.1. The molecule has 0 aliphatic carbocycles. The molecular weight excluding hydrogens is 1840 g/mol. The molecule has 14 amide bonds. The number of hydrogen-bond donors (Lipinski definition) is 12. The first-order chi connectivity index (χ1) is 68.3. The molecule has 2 saturated heterocycles. The first-order valence-electron chi connectivity index (χ1n) is 47.7. The number of methoxy groups -OCH3 is 2. The summed E-state index contributed by atoms with van der Waals surface area (Å²) < 4.78 is 22.3. The van der Waals surface area contributed by atoms with E-state index in [2.05, 4.69) is 66.3 Å². The number of ketones is 2. The quantitative estimate of drug-likeness (QED) is 0.0134. The van der Waals surface area contributed by atoms with Gasteiger partial charge in [0.25, 0.3) is 23.4 Å². The fraction of sp³-hybridized carbons (Fsp3) is 0.429. The number of nitrogens with zero attached hydrogens (tertiary/aromatic N) is 4. The lowest BCUT2D eigenvalue weighted by molar-refractivity contribution is -0.143. The lowest BCUT2D eigenvalue weighted by atomic mass is 9.98. The van der Waals surface area contributed by atoms with Gasteiger partial charge in [0.1, 0.15) is 85.7 Å². The summed E-state index contributed by atoms with van der Waals surface area (Å²) >= 11 is 0. The highest BCUT2D eigenvalue weighted by atomic mass is 16.5. The van der Waals surface area contributed by atoms with Crippen molar-refractivity contribution < 1.29 is 115 Å².